The molecule has 4 nitrogen and oxygen atoms in total. The fraction of sp³-hybridized carbons (Fsp3) is 0.727. The Balaban J connectivity index is 2.53. The van der Waals surface area contributed by atoms with E-state index in [0.717, 1.165) is 0 Å². The van der Waals surface area contributed by atoms with Crippen LogP contribution >= 0.6 is 0 Å². The third kappa shape index (κ3) is 3.64. The van der Waals surface area contributed by atoms with Crippen molar-refractivity contribution in [1.82, 2.24) is 0 Å². The van der Waals surface area contributed by atoms with E-state index in [0.29, 0.717) is 18.8 Å². The largest absolute Gasteiger partial charge is 0.463 e. The number of ether oxygens (including phenoxy) is 3. The molecule has 1 unspecified atom stereocenters. The zero-order valence-corrected chi connectivity index (χ0v) is 9.70. The average Bonchev–Trinajstić information content (AvgIpc) is 2.46. The highest BCUT2D eigenvalue weighted by atomic mass is 16.7. The lowest BCUT2D eigenvalue weighted by Crippen LogP contribution is -2.21. The molecular weight excluding hydrogens is 196 g/mol. The molecule has 0 aliphatic carbocycles. The van der Waals surface area contributed by atoms with Gasteiger partial charge in [0.1, 0.15) is 6.10 Å². The quantitative estimate of drug-likeness (QED) is 0.529. The number of carbonyl (C=O) groups is 1. The Kier molecular flexibility index (Phi) is 3.88. The van der Waals surface area contributed by atoms with E-state index in [-0.39, 0.29) is 12.1 Å². The summed E-state index contributed by atoms with van der Waals surface area (Å²) in [4.78, 5) is 11.3. The first kappa shape index (κ1) is 12.2. The van der Waals surface area contributed by atoms with Crippen molar-refractivity contribution in [2.24, 2.45) is 0 Å². The molecule has 0 spiro atoms. The molecule has 0 radical (unpaired) electrons. The minimum absolute atomic E-state index is 0.163. The normalized spacial score (nSPS) is 25.3. The minimum Gasteiger partial charge on any atom is -0.463 e. The van der Waals surface area contributed by atoms with Gasteiger partial charge in [-0.2, -0.15) is 0 Å². The van der Waals surface area contributed by atoms with Gasteiger partial charge in [-0.3, -0.25) is 0 Å². The highest BCUT2D eigenvalue weighted by Gasteiger charge is 2.31. The summed E-state index contributed by atoms with van der Waals surface area (Å²) in [5, 5.41) is 0. The first-order valence-corrected chi connectivity index (χ1v) is 5.12. The summed E-state index contributed by atoms with van der Waals surface area (Å²) in [6.07, 6.45) is 1.58. The molecule has 86 valence electrons. The third-order valence-electron chi connectivity index (χ3n) is 2.06. The van der Waals surface area contributed by atoms with Crippen LogP contribution in [0, 0.1) is 0 Å². The highest BCUT2D eigenvalue weighted by Crippen LogP contribution is 2.23. The van der Waals surface area contributed by atoms with E-state index in [9.17, 15) is 4.79 Å². The molecule has 1 rings (SSSR count). The van der Waals surface area contributed by atoms with Crippen LogP contribution in [0.25, 0.3) is 0 Å². The fourth-order valence-corrected chi connectivity index (χ4v) is 1.39. The van der Waals surface area contributed by atoms with Gasteiger partial charge in [0.05, 0.1) is 13.2 Å². The van der Waals surface area contributed by atoms with Gasteiger partial charge in [-0.05, 0) is 33.8 Å². The molecular formula is C11H18O4. The lowest BCUT2D eigenvalue weighted by Gasteiger charge is -2.15. The molecule has 1 aliphatic rings. The second-order valence-corrected chi connectivity index (χ2v) is 3.94. The van der Waals surface area contributed by atoms with Crippen LogP contribution in [-0.4, -0.2) is 31.1 Å². The first-order valence-electron chi connectivity index (χ1n) is 5.12. The standard InChI is InChI=1S/C11H18O4/c1-5-13-10(12)8(2)6-9-7-14-11(3,4)15-9/h6,9H,5,7H2,1-4H3/b8-6-. The lowest BCUT2D eigenvalue weighted by molar-refractivity contribution is -0.139. The van der Waals surface area contributed by atoms with E-state index in [1.54, 1.807) is 19.9 Å². The number of rotatable bonds is 3. The molecule has 1 aliphatic heterocycles. The Labute approximate surface area is 90.2 Å². The molecule has 1 heterocycles. The van der Waals surface area contributed by atoms with Gasteiger partial charge in [0.25, 0.3) is 0 Å². The van der Waals surface area contributed by atoms with Gasteiger partial charge in [-0.1, -0.05) is 0 Å². The number of hydrogen-bond donors (Lipinski definition) is 0. The summed E-state index contributed by atoms with van der Waals surface area (Å²) in [7, 11) is 0. The smallest absolute Gasteiger partial charge is 0.333 e. The number of hydrogen-bond acceptors (Lipinski definition) is 4. The summed E-state index contributed by atoms with van der Waals surface area (Å²) < 4.78 is 15.8. The van der Waals surface area contributed by atoms with Crippen molar-refractivity contribution >= 4 is 5.97 Å². The van der Waals surface area contributed by atoms with Crippen LogP contribution in [0.15, 0.2) is 11.6 Å². The maximum atomic E-state index is 11.3. The Morgan fingerprint density at radius 1 is 1.60 bits per heavy atom. The highest BCUT2D eigenvalue weighted by molar-refractivity contribution is 5.87. The van der Waals surface area contributed by atoms with E-state index in [1.165, 1.54) is 0 Å². The van der Waals surface area contributed by atoms with Crippen LogP contribution in [0.3, 0.4) is 0 Å². The van der Waals surface area contributed by atoms with Crippen molar-refractivity contribution in [2.45, 2.75) is 39.6 Å². The number of carbonyl (C=O) groups excluding carboxylic acids is 1. The van der Waals surface area contributed by atoms with Crippen LogP contribution < -0.4 is 0 Å². The van der Waals surface area contributed by atoms with Crippen molar-refractivity contribution in [2.75, 3.05) is 13.2 Å². The zero-order chi connectivity index (χ0) is 11.5. The maximum absolute atomic E-state index is 11.3. The van der Waals surface area contributed by atoms with Crippen molar-refractivity contribution in [1.29, 1.82) is 0 Å². The van der Waals surface area contributed by atoms with Gasteiger partial charge in [0, 0.05) is 5.57 Å². The summed E-state index contributed by atoms with van der Waals surface area (Å²) in [6.45, 7) is 8.05. The summed E-state index contributed by atoms with van der Waals surface area (Å²) >= 11 is 0. The molecule has 0 aromatic carbocycles. The Morgan fingerprint density at radius 2 is 2.27 bits per heavy atom. The monoisotopic (exact) mass is 214 g/mol. The van der Waals surface area contributed by atoms with Crippen LogP contribution in [0.5, 0.6) is 0 Å². The molecule has 1 fully saturated rings. The molecule has 1 saturated heterocycles. The van der Waals surface area contributed by atoms with Gasteiger partial charge in [0.2, 0.25) is 0 Å². The Bertz CT molecular complexity index is 268. The molecule has 15 heavy (non-hydrogen) atoms. The van der Waals surface area contributed by atoms with Crippen molar-refractivity contribution in [3.63, 3.8) is 0 Å². The third-order valence-corrected chi connectivity index (χ3v) is 2.06. The predicted molar refractivity (Wildman–Crippen MR) is 55.3 cm³/mol. The molecule has 0 saturated carbocycles. The fourth-order valence-electron chi connectivity index (χ4n) is 1.39. The van der Waals surface area contributed by atoms with Crippen LogP contribution in [0.2, 0.25) is 0 Å². The predicted octanol–water partition coefficient (Wildman–Crippen LogP) is 1.65. The van der Waals surface area contributed by atoms with Crippen molar-refractivity contribution in [3.05, 3.63) is 11.6 Å². The summed E-state index contributed by atoms with van der Waals surface area (Å²) in [5.74, 6) is -0.860. The molecule has 0 N–H and O–H groups in total. The van der Waals surface area contributed by atoms with Crippen LogP contribution in [-0.2, 0) is 19.0 Å². The lowest BCUT2D eigenvalue weighted by atomic mass is 10.2. The van der Waals surface area contributed by atoms with E-state index in [2.05, 4.69) is 0 Å². The molecule has 1 atom stereocenters. The van der Waals surface area contributed by atoms with Crippen molar-refractivity contribution in [3.8, 4) is 0 Å². The molecule has 0 aromatic heterocycles. The summed E-state index contributed by atoms with van der Waals surface area (Å²) in [5.41, 5.74) is 0.558. The van der Waals surface area contributed by atoms with Gasteiger partial charge in [0.15, 0.2) is 5.79 Å². The van der Waals surface area contributed by atoms with Crippen molar-refractivity contribution < 1.29 is 19.0 Å². The van der Waals surface area contributed by atoms with Gasteiger partial charge >= 0.3 is 5.97 Å². The maximum Gasteiger partial charge on any atom is 0.333 e. The summed E-state index contributed by atoms with van der Waals surface area (Å²) in [6, 6.07) is 0. The SMILES string of the molecule is CCOC(=O)/C(C)=C\C1COC(C)(C)O1. The van der Waals surface area contributed by atoms with Gasteiger partial charge in [-0.25, -0.2) is 4.79 Å². The number of esters is 1. The molecule has 4 heteroatoms. The first-order chi connectivity index (χ1) is 6.94. The molecule has 0 aromatic rings. The average molecular weight is 214 g/mol. The van der Waals surface area contributed by atoms with E-state index < -0.39 is 5.79 Å². The molecule has 0 amide bonds. The van der Waals surface area contributed by atoms with E-state index >= 15 is 0 Å². The van der Waals surface area contributed by atoms with Crippen LogP contribution in [0.4, 0.5) is 0 Å². The Morgan fingerprint density at radius 3 is 2.73 bits per heavy atom. The van der Waals surface area contributed by atoms with E-state index in [1.807, 2.05) is 13.8 Å². The molecule has 0 bridgehead atoms. The second kappa shape index (κ2) is 4.77. The second-order valence-electron chi connectivity index (χ2n) is 3.94. The van der Waals surface area contributed by atoms with E-state index in [4.69, 9.17) is 14.2 Å². The van der Waals surface area contributed by atoms with Gasteiger partial charge in [-0.15, -0.1) is 0 Å². The Hall–Kier alpha value is -0.870. The van der Waals surface area contributed by atoms with Gasteiger partial charge < -0.3 is 14.2 Å². The van der Waals surface area contributed by atoms with Crippen LogP contribution in [0.1, 0.15) is 27.7 Å². The topological polar surface area (TPSA) is 44.8 Å². The minimum atomic E-state index is -0.559. The zero-order valence-electron chi connectivity index (χ0n) is 9.70.